The summed E-state index contributed by atoms with van der Waals surface area (Å²) in [5.41, 5.74) is 1.67. The van der Waals surface area contributed by atoms with E-state index in [9.17, 15) is 8.78 Å². The third-order valence-electron chi connectivity index (χ3n) is 3.15. The van der Waals surface area contributed by atoms with Gasteiger partial charge in [-0.1, -0.05) is 46.3 Å². The zero-order valence-corrected chi connectivity index (χ0v) is 12.8. The monoisotopic (exact) mass is 339 g/mol. The van der Waals surface area contributed by atoms with E-state index in [1.807, 2.05) is 37.3 Å². The summed E-state index contributed by atoms with van der Waals surface area (Å²) in [5, 5.41) is 0.436. The van der Waals surface area contributed by atoms with Crippen LogP contribution in [-0.2, 0) is 11.9 Å². The molecular formula is C16H16BrF2N. The lowest BCUT2D eigenvalue weighted by Gasteiger charge is -2.24. The fraction of sp³-hybridized carbons (Fsp3) is 0.250. The third kappa shape index (κ3) is 3.37. The highest BCUT2D eigenvalue weighted by molar-refractivity contribution is 9.08. The van der Waals surface area contributed by atoms with Crippen LogP contribution in [0.4, 0.5) is 14.5 Å². The van der Waals surface area contributed by atoms with Gasteiger partial charge in [0.05, 0.1) is 0 Å². The Morgan fingerprint density at radius 3 is 2.10 bits per heavy atom. The Morgan fingerprint density at radius 1 is 1.00 bits per heavy atom. The Kier molecular flexibility index (Phi) is 5.12. The van der Waals surface area contributed by atoms with Crippen LogP contribution in [0, 0.1) is 11.6 Å². The van der Waals surface area contributed by atoms with Crippen molar-refractivity contribution in [3.8, 4) is 0 Å². The first-order chi connectivity index (χ1) is 9.65. The van der Waals surface area contributed by atoms with Crippen LogP contribution in [0.2, 0.25) is 0 Å². The maximum atomic E-state index is 14.1. The summed E-state index contributed by atoms with van der Waals surface area (Å²) >= 11 is 3.21. The maximum Gasteiger partial charge on any atom is 0.149 e. The Bertz CT molecular complexity index is 549. The molecule has 0 N–H and O–H groups in total. The Labute approximate surface area is 126 Å². The predicted molar refractivity (Wildman–Crippen MR) is 82.2 cm³/mol. The molecule has 0 aliphatic heterocycles. The Morgan fingerprint density at radius 2 is 1.60 bits per heavy atom. The standard InChI is InChI=1S/C16H16BrF2N/c1-2-20(11-12-6-4-3-5-7-12)16-14(18)8-13(10-17)9-15(16)19/h3-9H,2,10-11H2,1H3. The van der Waals surface area contributed by atoms with Crippen molar-refractivity contribution in [1.82, 2.24) is 0 Å². The van der Waals surface area contributed by atoms with Gasteiger partial charge in [0, 0.05) is 18.4 Å². The molecule has 106 valence electrons. The van der Waals surface area contributed by atoms with Gasteiger partial charge in [-0.15, -0.1) is 0 Å². The van der Waals surface area contributed by atoms with Crippen LogP contribution in [-0.4, -0.2) is 6.54 Å². The molecule has 2 rings (SSSR count). The van der Waals surface area contributed by atoms with Gasteiger partial charge < -0.3 is 4.90 Å². The van der Waals surface area contributed by atoms with Crippen molar-refractivity contribution in [1.29, 1.82) is 0 Å². The number of rotatable bonds is 5. The fourth-order valence-electron chi connectivity index (χ4n) is 2.15. The summed E-state index contributed by atoms with van der Waals surface area (Å²) in [5.74, 6) is -1.03. The molecule has 4 heteroatoms. The summed E-state index contributed by atoms with van der Waals surface area (Å²) in [6.07, 6.45) is 0. The average molecular weight is 340 g/mol. The fourth-order valence-corrected chi connectivity index (χ4v) is 2.47. The molecule has 0 aliphatic rings. The van der Waals surface area contributed by atoms with Crippen LogP contribution in [0.1, 0.15) is 18.1 Å². The van der Waals surface area contributed by atoms with Crippen molar-refractivity contribution in [3.05, 3.63) is 65.2 Å². The van der Waals surface area contributed by atoms with Crippen molar-refractivity contribution in [3.63, 3.8) is 0 Å². The topological polar surface area (TPSA) is 3.24 Å². The molecule has 0 bridgehead atoms. The van der Waals surface area contributed by atoms with Gasteiger partial charge in [0.1, 0.15) is 17.3 Å². The molecule has 2 aromatic carbocycles. The number of alkyl halides is 1. The zero-order valence-electron chi connectivity index (χ0n) is 11.2. The van der Waals surface area contributed by atoms with E-state index in [1.165, 1.54) is 12.1 Å². The van der Waals surface area contributed by atoms with Gasteiger partial charge >= 0.3 is 0 Å². The molecule has 0 unspecified atom stereocenters. The quantitative estimate of drug-likeness (QED) is 0.701. The van der Waals surface area contributed by atoms with Crippen molar-refractivity contribution in [2.45, 2.75) is 18.8 Å². The van der Waals surface area contributed by atoms with Crippen LogP contribution < -0.4 is 4.90 Å². The van der Waals surface area contributed by atoms with Gasteiger partial charge in [-0.3, -0.25) is 0 Å². The molecule has 0 heterocycles. The highest BCUT2D eigenvalue weighted by Crippen LogP contribution is 2.27. The number of benzene rings is 2. The molecule has 0 spiro atoms. The second-order valence-electron chi connectivity index (χ2n) is 4.54. The zero-order chi connectivity index (χ0) is 14.5. The van der Waals surface area contributed by atoms with Crippen molar-refractivity contribution in [2.75, 3.05) is 11.4 Å². The molecular weight excluding hydrogens is 324 g/mol. The number of anilines is 1. The highest BCUT2D eigenvalue weighted by Gasteiger charge is 2.17. The normalized spacial score (nSPS) is 10.6. The van der Waals surface area contributed by atoms with E-state index in [1.54, 1.807) is 4.90 Å². The van der Waals surface area contributed by atoms with Crippen LogP contribution in [0.15, 0.2) is 42.5 Å². The second-order valence-corrected chi connectivity index (χ2v) is 5.10. The van der Waals surface area contributed by atoms with E-state index in [4.69, 9.17) is 0 Å². The Hall–Kier alpha value is -1.42. The largest absolute Gasteiger partial charge is 0.363 e. The van der Waals surface area contributed by atoms with Gasteiger partial charge in [0.2, 0.25) is 0 Å². The van der Waals surface area contributed by atoms with Gasteiger partial charge in [-0.05, 0) is 30.2 Å². The number of halogens is 3. The molecule has 1 nitrogen and oxygen atoms in total. The van der Waals surface area contributed by atoms with Crippen LogP contribution in [0.5, 0.6) is 0 Å². The summed E-state index contributed by atoms with van der Waals surface area (Å²) in [7, 11) is 0. The molecule has 0 amide bonds. The van der Waals surface area contributed by atoms with Gasteiger partial charge in [-0.25, -0.2) is 8.78 Å². The summed E-state index contributed by atoms with van der Waals surface area (Å²) in [4.78, 5) is 1.71. The minimum Gasteiger partial charge on any atom is -0.363 e. The number of hydrogen-bond acceptors (Lipinski definition) is 1. The average Bonchev–Trinajstić information content (AvgIpc) is 2.46. The van der Waals surface area contributed by atoms with E-state index in [0.717, 1.165) is 5.56 Å². The van der Waals surface area contributed by atoms with E-state index in [0.29, 0.717) is 24.0 Å². The molecule has 0 atom stereocenters. The minimum atomic E-state index is -0.516. The second kappa shape index (κ2) is 6.84. The van der Waals surface area contributed by atoms with Crippen molar-refractivity contribution in [2.24, 2.45) is 0 Å². The van der Waals surface area contributed by atoms with E-state index in [2.05, 4.69) is 15.9 Å². The maximum absolute atomic E-state index is 14.1. The summed E-state index contributed by atoms with van der Waals surface area (Å²) < 4.78 is 28.3. The summed E-state index contributed by atoms with van der Waals surface area (Å²) in [6.45, 7) is 2.91. The first kappa shape index (κ1) is 15.0. The predicted octanol–water partition coefficient (Wildman–Crippen LogP) is 4.89. The molecule has 0 fully saturated rings. The van der Waals surface area contributed by atoms with Crippen LogP contribution in [0.25, 0.3) is 0 Å². The van der Waals surface area contributed by atoms with Crippen LogP contribution >= 0.6 is 15.9 Å². The first-order valence-electron chi connectivity index (χ1n) is 6.48. The van der Waals surface area contributed by atoms with E-state index < -0.39 is 11.6 Å². The SMILES string of the molecule is CCN(Cc1ccccc1)c1c(F)cc(CBr)cc1F. The minimum absolute atomic E-state index is 0.0426. The molecule has 20 heavy (non-hydrogen) atoms. The molecule has 0 saturated carbocycles. The van der Waals surface area contributed by atoms with Crippen molar-refractivity contribution >= 4 is 21.6 Å². The highest BCUT2D eigenvalue weighted by atomic mass is 79.9. The molecule has 0 aliphatic carbocycles. The lowest BCUT2D eigenvalue weighted by molar-refractivity contribution is 0.569. The number of hydrogen-bond donors (Lipinski definition) is 0. The first-order valence-corrected chi connectivity index (χ1v) is 7.60. The lowest BCUT2D eigenvalue weighted by Crippen LogP contribution is -2.24. The smallest absolute Gasteiger partial charge is 0.149 e. The van der Waals surface area contributed by atoms with Gasteiger partial charge in [0.15, 0.2) is 0 Å². The molecule has 0 radical (unpaired) electrons. The number of nitrogens with zero attached hydrogens (tertiary/aromatic N) is 1. The summed E-state index contributed by atoms with van der Waals surface area (Å²) in [6, 6.07) is 12.4. The van der Waals surface area contributed by atoms with Gasteiger partial charge in [0.25, 0.3) is 0 Å². The van der Waals surface area contributed by atoms with E-state index >= 15 is 0 Å². The third-order valence-corrected chi connectivity index (χ3v) is 3.79. The molecule has 0 aromatic heterocycles. The van der Waals surface area contributed by atoms with Gasteiger partial charge in [-0.2, -0.15) is 0 Å². The van der Waals surface area contributed by atoms with Crippen LogP contribution in [0.3, 0.4) is 0 Å². The van der Waals surface area contributed by atoms with Crippen molar-refractivity contribution < 1.29 is 8.78 Å². The molecule has 2 aromatic rings. The van der Waals surface area contributed by atoms with E-state index in [-0.39, 0.29) is 5.69 Å². The lowest BCUT2D eigenvalue weighted by atomic mass is 10.1. The Balaban J connectivity index is 2.32. The molecule has 0 saturated heterocycles.